The Morgan fingerprint density at radius 2 is 0.964 bits per heavy atom. The Bertz CT molecular complexity index is 1110. The topological polar surface area (TPSA) is 102 Å². The summed E-state index contributed by atoms with van der Waals surface area (Å²) in [7, 11) is 1.73. The molecule has 0 heterocycles. The summed E-state index contributed by atoms with van der Waals surface area (Å²) in [5.41, 5.74) is -1.03. The lowest BCUT2D eigenvalue weighted by molar-refractivity contribution is -0.161. The number of benzene rings is 1. The predicted molar refractivity (Wildman–Crippen MR) is 234 cm³/mol. The van der Waals surface area contributed by atoms with Crippen LogP contribution < -0.4 is 10.1 Å². The van der Waals surface area contributed by atoms with Gasteiger partial charge in [-0.2, -0.15) is 0 Å². The number of hydrogen-bond donors (Lipinski definition) is 2. The molecule has 0 fully saturated rings. The quantitative estimate of drug-likeness (QED) is 0.0300. The van der Waals surface area contributed by atoms with Crippen LogP contribution in [-0.2, 0) is 14.3 Å². The maximum atomic E-state index is 12.5. The van der Waals surface area contributed by atoms with E-state index in [4.69, 9.17) is 9.47 Å². The Morgan fingerprint density at radius 3 is 1.36 bits per heavy atom. The number of carbonyl (C=O) groups is 3. The zero-order valence-corrected chi connectivity index (χ0v) is 37.2. The summed E-state index contributed by atoms with van der Waals surface area (Å²) in [4.78, 5) is 36.2. The molecule has 0 aliphatic rings. The molecule has 1 aromatic carbocycles. The van der Waals surface area contributed by atoms with Crippen molar-refractivity contribution in [2.24, 2.45) is 11.8 Å². The molecule has 7 nitrogen and oxygen atoms in total. The van der Waals surface area contributed by atoms with Crippen LogP contribution in [0.1, 0.15) is 238 Å². The highest BCUT2D eigenvalue weighted by molar-refractivity contribution is 6.01. The monoisotopic (exact) mass is 786 g/mol. The van der Waals surface area contributed by atoms with Crippen molar-refractivity contribution < 1.29 is 29.0 Å². The van der Waals surface area contributed by atoms with Crippen LogP contribution >= 0.6 is 0 Å². The SMILES string of the molecule is CCCCCCCCC(CCCCCCCCC(=O)NC)C(CCCCCCCC)CCCCCCCCC(=O)OC(C)Oc1ccc(C(=O)C(C)(C)O)cc1. The number of ether oxygens (including phenoxy) is 2. The van der Waals surface area contributed by atoms with Crippen LogP contribution in [0.15, 0.2) is 24.3 Å². The van der Waals surface area contributed by atoms with Gasteiger partial charge in [-0.1, -0.05) is 181 Å². The zero-order chi connectivity index (χ0) is 41.3. The van der Waals surface area contributed by atoms with E-state index in [1.165, 1.54) is 168 Å². The van der Waals surface area contributed by atoms with Gasteiger partial charge in [-0.25, -0.2) is 0 Å². The molecule has 3 unspecified atom stereocenters. The Balaban J connectivity index is 2.51. The highest BCUT2D eigenvalue weighted by Gasteiger charge is 2.25. The molecule has 1 aromatic rings. The third-order valence-corrected chi connectivity index (χ3v) is 11.5. The highest BCUT2D eigenvalue weighted by Crippen LogP contribution is 2.34. The van der Waals surface area contributed by atoms with Gasteiger partial charge in [0.25, 0.3) is 0 Å². The minimum Gasteiger partial charge on any atom is -0.455 e. The van der Waals surface area contributed by atoms with Gasteiger partial charge >= 0.3 is 5.97 Å². The van der Waals surface area contributed by atoms with E-state index in [2.05, 4.69) is 19.2 Å². The van der Waals surface area contributed by atoms with Crippen LogP contribution in [-0.4, -0.2) is 41.7 Å². The molecule has 0 spiro atoms. The number of ketones is 1. The van der Waals surface area contributed by atoms with Gasteiger partial charge in [0.05, 0.1) is 0 Å². The van der Waals surface area contributed by atoms with E-state index in [9.17, 15) is 19.5 Å². The summed E-state index contributed by atoms with van der Waals surface area (Å²) >= 11 is 0. The third-order valence-electron chi connectivity index (χ3n) is 11.5. The van der Waals surface area contributed by atoms with E-state index in [1.807, 2.05) is 0 Å². The van der Waals surface area contributed by atoms with Gasteiger partial charge in [0.15, 0.2) is 5.78 Å². The van der Waals surface area contributed by atoms with Gasteiger partial charge in [-0.3, -0.25) is 14.4 Å². The summed E-state index contributed by atoms with van der Waals surface area (Å²) in [5.74, 6) is 1.79. The normalized spacial score (nSPS) is 13.3. The van der Waals surface area contributed by atoms with Crippen molar-refractivity contribution in [3.05, 3.63) is 29.8 Å². The first-order chi connectivity index (χ1) is 27.0. The molecule has 7 heteroatoms. The van der Waals surface area contributed by atoms with Crippen LogP contribution in [0.4, 0.5) is 0 Å². The molecule has 2 N–H and O–H groups in total. The number of unbranched alkanes of at least 4 members (excludes halogenated alkanes) is 20. The molecule has 1 rings (SSSR count). The zero-order valence-electron chi connectivity index (χ0n) is 37.2. The number of nitrogens with one attached hydrogen (secondary N) is 1. The summed E-state index contributed by atoms with van der Waals surface area (Å²) < 4.78 is 11.2. The molecule has 0 aromatic heterocycles. The molecule has 3 atom stereocenters. The second-order valence-corrected chi connectivity index (χ2v) is 17.2. The number of Topliss-reactive ketones (excluding diaryl/α,β-unsaturated/α-hetero) is 1. The maximum Gasteiger partial charge on any atom is 0.308 e. The average Bonchev–Trinajstić information content (AvgIpc) is 3.17. The van der Waals surface area contributed by atoms with Gasteiger partial charge in [0.1, 0.15) is 11.4 Å². The average molecular weight is 786 g/mol. The number of aliphatic hydroxyl groups is 1. The summed E-state index contributed by atoms with van der Waals surface area (Å²) in [6.07, 6.45) is 36.7. The standard InChI is InChI=1S/C49H87NO6/c1-7-9-11-13-19-25-31-42(33-27-21-15-17-23-29-35-46(51)50-6)43(32-26-20-14-12-10-8-2)34-28-22-16-18-24-30-36-47(52)56-41(3)55-45-39-37-44(38-40-45)48(53)49(4,5)54/h37-43,54H,7-36H2,1-6H3,(H,50,51). The van der Waals surface area contributed by atoms with Gasteiger partial charge in [0, 0.05) is 32.4 Å². The van der Waals surface area contributed by atoms with Crippen LogP contribution in [0.3, 0.4) is 0 Å². The molecular weight excluding hydrogens is 699 g/mol. The van der Waals surface area contributed by atoms with Crippen molar-refractivity contribution in [1.82, 2.24) is 5.32 Å². The first-order valence-electron chi connectivity index (χ1n) is 23.5. The predicted octanol–water partition coefficient (Wildman–Crippen LogP) is 13.6. The van der Waals surface area contributed by atoms with Crippen LogP contribution in [0.5, 0.6) is 5.75 Å². The Labute approximate surface area is 344 Å². The molecule has 0 bridgehead atoms. The van der Waals surface area contributed by atoms with Crippen molar-refractivity contribution in [2.45, 2.75) is 239 Å². The van der Waals surface area contributed by atoms with Crippen molar-refractivity contribution in [2.75, 3.05) is 7.05 Å². The summed E-state index contributed by atoms with van der Waals surface area (Å²) in [6.45, 7) is 9.24. The first-order valence-corrected chi connectivity index (χ1v) is 23.5. The molecule has 0 radical (unpaired) electrons. The van der Waals surface area contributed by atoms with Crippen molar-refractivity contribution >= 4 is 17.7 Å². The lowest BCUT2D eigenvalue weighted by Crippen LogP contribution is -2.31. The molecule has 0 saturated carbocycles. The Morgan fingerprint density at radius 1 is 0.589 bits per heavy atom. The van der Waals surface area contributed by atoms with Crippen LogP contribution in [0.25, 0.3) is 0 Å². The second-order valence-electron chi connectivity index (χ2n) is 17.2. The summed E-state index contributed by atoms with van der Waals surface area (Å²) in [5, 5.41) is 12.7. The summed E-state index contributed by atoms with van der Waals surface area (Å²) in [6, 6.07) is 6.52. The smallest absolute Gasteiger partial charge is 0.308 e. The van der Waals surface area contributed by atoms with Gasteiger partial charge in [0.2, 0.25) is 12.2 Å². The molecular formula is C49H87NO6. The van der Waals surface area contributed by atoms with Crippen molar-refractivity contribution in [3.8, 4) is 5.75 Å². The number of carbonyl (C=O) groups excluding carboxylic acids is 3. The highest BCUT2D eigenvalue weighted by atomic mass is 16.7. The maximum absolute atomic E-state index is 12.5. The minimum atomic E-state index is -1.43. The fourth-order valence-electron chi connectivity index (χ4n) is 8.01. The van der Waals surface area contributed by atoms with Crippen molar-refractivity contribution in [3.63, 3.8) is 0 Å². The molecule has 0 aliphatic carbocycles. The molecule has 56 heavy (non-hydrogen) atoms. The number of amides is 1. The fourth-order valence-corrected chi connectivity index (χ4v) is 8.01. The van der Waals surface area contributed by atoms with E-state index < -0.39 is 11.9 Å². The fraction of sp³-hybridized carbons (Fsp3) is 0.816. The molecule has 1 amide bonds. The van der Waals surface area contributed by atoms with E-state index in [-0.39, 0.29) is 17.7 Å². The number of rotatable bonds is 38. The van der Waals surface area contributed by atoms with Crippen LogP contribution in [0, 0.1) is 11.8 Å². The minimum absolute atomic E-state index is 0.167. The number of esters is 1. The van der Waals surface area contributed by atoms with Crippen LogP contribution in [0.2, 0.25) is 0 Å². The largest absolute Gasteiger partial charge is 0.455 e. The third kappa shape index (κ3) is 27.3. The molecule has 324 valence electrons. The van der Waals surface area contributed by atoms with Crippen molar-refractivity contribution in [1.29, 1.82) is 0 Å². The molecule has 0 aliphatic heterocycles. The lowest BCUT2D eigenvalue weighted by Gasteiger charge is -2.28. The van der Waals surface area contributed by atoms with Gasteiger partial charge in [-0.15, -0.1) is 0 Å². The van der Waals surface area contributed by atoms with E-state index >= 15 is 0 Å². The van der Waals surface area contributed by atoms with Gasteiger partial charge in [-0.05, 0) is 62.8 Å². The lowest BCUT2D eigenvalue weighted by atomic mass is 9.78. The Hall–Kier alpha value is -2.41. The van der Waals surface area contributed by atoms with E-state index in [1.54, 1.807) is 38.2 Å². The van der Waals surface area contributed by atoms with Gasteiger partial charge < -0.3 is 19.9 Å². The Kier molecular flexibility index (Phi) is 30.9. The van der Waals surface area contributed by atoms with E-state index in [0.29, 0.717) is 24.2 Å². The van der Waals surface area contributed by atoms with E-state index in [0.717, 1.165) is 37.5 Å². The first kappa shape index (κ1) is 51.6. The second kappa shape index (κ2) is 33.6. The molecule has 0 saturated heterocycles. The number of hydrogen-bond acceptors (Lipinski definition) is 6.